The molecule has 1 nitrogen and oxygen atoms in total. The van der Waals surface area contributed by atoms with Gasteiger partial charge in [-0.2, -0.15) is 0 Å². The Morgan fingerprint density at radius 2 is 1.94 bits per heavy atom. The van der Waals surface area contributed by atoms with E-state index in [4.69, 9.17) is 0 Å². The van der Waals surface area contributed by atoms with Gasteiger partial charge in [0.2, 0.25) is 0 Å². The Morgan fingerprint density at radius 1 is 1.22 bits per heavy atom. The first kappa shape index (κ1) is 15.2. The molecule has 0 bridgehead atoms. The molecule has 0 amide bonds. The van der Waals surface area contributed by atoms with Gasteiger partial charge in [-0.15, -0.1) is 0 Å². The molecular formula is C16H26FN. The number of hydrogen-bond donors (Lipinski definition) is 1. The Bertz CT molecular complexity index is 338. The number of nitrogens with one attached hydrogen (secondary N) is 1. The van der Waals surface area contributed by atoms with Crippen LogP contribution in [0.2, 0.25) is 0 Å². The molecule has 0 aliphatic rings. The number of halogens is 1. The van der Waals surface area contributed by atoms with E-state index in [2.05, 4.69) is 26.1 Å². The van der Waals surface area contributed by atoms with Crippen molar-refractivity contribution in [2.24, 2.45) is 11.8 Å². The van der Waals surface area contributed by atoms with E-state index in [0.717, 1.165) is 25.1 Å². The van der Waals surface area contributed by atoms with Crippen LogP contribution in [0.3, 0.4) is 0 Å². The van der Waals surface area contributed by atoms with Crippen LogP contribution in [-0.4, -0.2) is 13.1 Å². The van der Waals surface area contributed by atoms with Gasteiger partial charge in [-0.3, -0.25) is 0 Å². The lowest BCUT2D eigenvalue weighted by Gasteiger charge is -2.24. The summed E-state index contributed by atoms with van der Waals surface area (Å²) in [5.41, 5.74) is 0.850. The first-order valence-electron chi connectivity index (χ1n) is 7.13. The van der Waals surface area contributed by atoms with Crippen LogP contribution < -0.4 is 5.32 Å². The van der Waals surface area contributed by atoms with Gasteiger partial charge in [0, 0.05) is 0 Å². The molecule has 0 radical (unpaired) electrons. The molecule has 0 saturated heterocycles. The molecule has 2 heteroatoms. The number of rotatable bonds is 8. The van der Waals surface area contributed by atoms with Crippen LogP contribution in [0, 0.1) is 17.7 Å². The minimum absolute atomic E-state index is 0.0669. The maximum atomic E-state index is 13.7. The summed E-state index contributed by atoms with van der Waals surface area (Å²) in [5, 5.41) is 3.40. The first-order chi connectivity index (χ1) is 8.69. The summed E-state index contributed by atoms with van der Waals surface area (Å²) in [5.74, 6) is 1.08. The lowest BCUT2D eigenvalue weighted by Crippen LogP contribution is -2.29. The predicted octanol–water partition coefficient (Wildman–Crippen LogP) is 4.03. The maximum Gasteiger partial charge on any atom is 0.126 e. The van der Waals surface area contributed by atoms with E-state index in [0.29, 0.717) is 11.8 Å². The minimum Gasteiger partial charge on any atom is -0.317 e. The van der Waals surface area contributed by atoms with Crippen molar-refractivity contribution in [3.63, 3.8) is 0 Å². The van der Waals surface area contributed by atoms with Crippen molar-refractivity contribution in [2.75, 3.05) is 13.1 Å². The molecule has 0 saturated carbocycles. The van der Waals surface area contributed by atoms with Gasteiger partial charge in [-0.05, 0) is 43.0 Å². The molecule has 2 unspecified atom stereocenters. The van der Waals surface area contributed by atoms with Crippen LogP contribution in [0.25, 0.3) is 0 Å². The number of hydrogen-bond acceptors (Lipinski definition) is 1. The average Bonchev–Trinajstić information content (AvgIpc) is 2.36. The normalized spacial score (nSPS) is 14.4. The summed E-state index contributed by atoms with van der Waals surface area (Å²) in [6.07, 6.45) is 3.24. The first-order valence-corrected chi connectivity index (χ1v) is 7.13. The molecule has 18 heavy (non-hydrogen) atoms. The quantitative estimate of drug-likeness (QED) is 0.735. The van der Waals surface area contributed by atoms with Crippen LogP contribution in [0.4, 0.5) is 4.39 Å². The smallest absolute Gasteiger partial charge is 0.126 e. The maximum absolute atomic E-state index is 13.7. The zero-order valence-electron chi connectivity index (χ0n) is 11.9. The Morgan fingerprint density at radius 3 is 2.56 bits per heavy atom. The third kappa shape index (κ3) is 4.77. The molecule has 1 rings (SSSR count). The molecule has 1 aromatic rings. The van der Waals surface area contributed by atoms with Crippen LogP contribution in [-0.2, 0) is 6.42 Å². The summed E-state index contributed by atoms with van der Waals surface area (Å²) >= 11 is 0. The van der Waals surface area contributed by atoms with Crippen LogP contribution >= 0.6 is 0 Å². The van der Waals surface area contributed by atoms with Crippen LogP contribution in [0.15, 0.2) is 24.3 Å². The monoisotopic (exact) mass is 251 g/mol. The van der Waals surface area contributed by atoms with Crippen molar-refractivity contribution in [1.82, 2.24) is 5.32 Å². The summed E-state index contributed by atoms with van der Waals surface area (Å²) in [6, 6.07) is 7.15. The lowest BCUT2D eigenvalue weighted by atomic mass is 9.85. The second-order valence-corrected chi connectivity index (χ2v) is 5.13. The fourth-order valence-corrected chi connectivity index (χ4v) is 2.44. The van der Waals surface area contributed by atoms with Crippen molar-refractivity contribution >= 4 is 0 Å². The van der Waals surface area contributed by atoms with Gasteiger partial charge in [0.05, 0.1) is 0 Å². The van der Waals surface area contributed by atoms with Gasteiger partial charge in [-0.25, -0.2) is 4.39 Å². The van der Waals surface area contributed by atoms with E-state index in [1.807, 2.05) is 12.1 Å². The van der Waals surface area contributed by atoms with Gasteiger partial charge < -0.3 is 5.32 Å². The zero-order valence-corrected chi connectivity index (χ0v) is 11.9. The highest BCUT2D eigenvalue weighted by Gasteiger charge is 2.18. The Kier molecular flexibility index (Phi) is 6.96. The summed E-state index contributed by atoms with van der Waals surface area (Å²) in [6.45, 7) is 8.57. The third-order valence-corrected chi connectivity index (χ3v) is 3.65. The van der Waals surface area contributed by atoms with Gasteiger partial charge >= 0.3 is 0 Å². The number of benzene rings is 1. The van der Waals surface area contributed by atoms with Crippen LogP contribution in [0.1, 0.15) is 39.2 Å². The minimum atomic E-state index is -0.0669. The van der Waals surface area contributed by atoms with Crippen molar-refractivity contribution in [3.8, 4) is 0 Å². The fourth-order valence-electron chi connectivity index (χ4n) is 2.44. The van der Waals surface area contributed by atoms with Crippen LogP contribution in [0.5, 0.6) is 0 Å². The molecule has 102 valence electrons. The molecule has 0 aliphatic heterocycles. The molecule has 1 N–H and O–H groups in total. The average molecular weight is 251 g/mol. The van der Waals surface area contributed by atoms with E-state index in [-0.39, 0.29) is 5.82 Å². The second kappa shape index (κ2) is 8.25. The third-order valence-electron chi connectivity index (χ3n) is 3.65. The van der Waals surface area contributed by atoms with E-state index < -0.39 is 0 Å². The van der Waals surface area contributed by atoms with Gasteiger partial charge in [-0.1, -0.05) is 51.8 Å². The molecule has 0 heterocycles. The topological polar surface area (TPSA) is 12.0 Å². The molecule has 0 aromatic heterocycles. The van der Waals surface area contributed by atoms with E-state index in [1.165, 1.54) is 12.8 Å². The molecular weight excluding hydrogens is 225 g/mol. The van der Waals surface area contributed by atoms with Gasteiger partial charge in [0.25, 0.3) is 0 Å². The van der Waals surface area contributed by atoms with Crippen molar-refractivity contribution in [1.29, 1.82) is 0 Å². The van der Waals surface area contributed by atoms with E-state index in [1.54, 1.807) is 12.1 Å². The Labute approximate surface area is 111 Å². The van der Waals surface area contributed by atoms with Crippen molar-refractivity contribution < 1.29 is 4.39 Å². The summed E-state index contributed by atoms with van der Waals surface area (Å²) in [4.78, 5) is 0. The zero-order chi connectivity index (χ0) is 13.4. The summed E-state index contributed by atoms with van der Waals surface area (Å²) < 4.78 is 13.7. The Hall–Kier alpha value is -0.890. The lowest BCUT2D eigenvalue weighted by molar-refractivity contribution is 0.317. The fraction of sp³-hybridized carbons (Fsp3) is 0.625. The largest absolute Gasteiger partial charge is 0.317 e. The molecule has 2 atom stereocenters. The van der Waals surface area contributed by atoms with Crippen molar-refractivity contribution in [3.05, 3.63) is 35.6 Å². The molecule has 0 aliphatic carbocycles. The van der Waals surface area contributed by atoms with Crippen molar-refractivity contribution in [2.45, 2.75) is 40.0 Å². The highest BCUT2D eigenvalue weighted by molar-refractivity contribution is 5.18. The predicted molar refractivity (Wildman–Crippen MR) is 76.2 cm³/mol. The van der Waals surface area contributed by atoms with Gasteiger partial charge in [0.15, 0.2) is 0 Å². The molecule has 1 aromatic carbocycles. The highest BCUT2D eigenvalue weighted by atomic mass is 19.1. The SMILES string of the molecule is CCCC(C)C(CNCC)Cc1ccccc1F. The van der Waals surface area contributed by atoms with E-state index >= 15 is 0 Å². The second-order valence-electron chi connectivity index (χ2n) is 5.13. The summed E-state index contributed by atoms with van der Waals surface area (Å²) in [7, 11) is 0. The molecule has 0 spiro atoms. The van der Waals surface area contributed by atoms with Gasteiger partial charge in [0.1, 0.15) is 5.82 Å². The Balaban J connectivity index is 2.68. The highest BCUT2D eigenvalue weighted by Crippen LogP contribution is 2.22. The standard InChI is InChI=1S/C16H26FN/c1-4-8-13(3)15(12-18-5-2)11-14-9-6-7-10-16(14)17/h6-7,9-10,13,15,18H,4-5,8,11-12H2,1-3H3. The molecule has 0 fully saturated rings. The van der Waals surface area contributed by atoms with E-state index in [9.17, 15) is 4.39 Å².